The zero-order valence-electron chi connectivity index (χ0n) is 14.2. The fourth-order valence-electron chi connectivity index (χ4n) is 2.05. The first-order valence-corrected chi connectivity index (χ1v) is 8.93. The van der Waals surface area contributed by atoms with E-state index in [1.54, 1.807) is 7.11 Å². The summed E-state index contributed by atoms with van der Waals surface area (Å²) in [4.78, 5) is 1.36. The molecule has 21 heavy (non-hydrogen) atoms. The van der Waals surface area contributed by atoms with Crippen molar-refractivity contribution in [3.63, 3.8) is 0 Å². The van der Waals surface area contributed by atoms with Gasteiger partial charge in [-0.2, -0.15) is 0 Å². The minimum Gasteiger partial charge on any atom is -0.379 e. The van der Waals surface area contributed by atoms with Crippen LogP contribution in [0.3, 0.4) is 0 Å². The molecule has 0 aromatic heterocycles. The van der Waals surface area contributed by atoms with Crippen LogP contribution < -0.4 is 5.32 Å². The molecule has 0 aliphatic rings. The van der Waals surface area contributed by atoms with Gasteiger partial charge in [0.1, 0.15) is 0 Å². The second-order valence-electron chi connectivity index (χ2n) is 6.28. The molecule has 2 nitrogen and oxygen atoms in total. The molecule has 0 radical (unpaired) electrons. The summed E-state index contributed by atoms with van der Waals surface area (Å²) in [5, 5.41) is 3.67. The van der Waals surface area contributed by atoms with Gasteiger partial charge >= 0.3 is 0 Å². The average molecular weight is 310 g/mol. The van der Waals surface area contributed by atoms with Crippen LogP contribution in [0, 0.1) is 6.92 Å². The molecule has 0 aliphatic heterocycles. The van der Waals surface area contributed by atoms with Crippen molar-refractivity contribution in [1.29, 1.82) is 0 Å². The molecule has 0 heterocycles. The van der Waals surface area contributed by atoms with Crippen LogP contribution in [-0.4, -0.2) is 31.1 Å². The van der Waals surface area contributed by atoms with Gasteiger partial charge in [0, 0.05) is 23.8 Å². The first kappa shape index (κ1) is 18.5. The van der Waals surface area contributed by atoms with Gasteiger partial charge in [0.15, 0.2) is 0 Å². The number of nitrogens with one attached hydrogen (secondary N) is 1. The van der Waals surface area contributed by atoms with Crippen molar-refractivity contribution in [2.75, 3.05) is 19.4 Å². The van der Waals surface area contributed by atoms with Crippen molar-refractivity contribution in [2.24, 2.45) is 0 Å². The molecule has 0 bridgehead atoms. The largest absolute Gasteiger partial charge is 0.379 e. The van der Waals surface area contributed by atoms with Crippen molar-refractivity contribution in [2.45, 2.75) is 63.5 Å². The molecular weight excluding hydrogens is 278 g/mol. The quantitative estimate of drug-likeness (QED) is 0.635. The third-order valence-corrected chi connectivity index (χ3v) is 4.98. The molecule has 1 rings (SSSR count). The summed E-state index contributed by atoms with van der Waals surface area (Å²) >= 11 is 1.94. The molecule has 0 saturated heterocycles. The highest BCUT2D eigenvalue weighted by molar-refractivity contribution is 7.99. The maximum Gasteiger partial charge on any atom is 0.0623 e. The van der Waals surface area contributed by atoms with Crippen molar-refractivity contribution in [3.05, 3.63) is 29.8 Å². The van der Waals surface area contributed by atoms with Gasteiger partial charge in [-0.3, -0.25) is 0 Å². The Morgan fingerprint density at radius 2 is 1.90 bits per heavy atom. The lowest BCUT2D eigenvalue weighted by atomic mass is 9.99. The Balaban J connectivity index is 2.47. The van der Waals surface area contributed by atoms with Crippen LogP contribution in [0.15, 0.2) is 29.2 Å². The predicted molar refractivity (Wildman–Crippen MR) is 94.3 cm³/mol. The van der Waals surface area contributed by atoms with E-state index in [0.29, 0.717) is 6.04 Å². The molecular formula is C18H31NOS. The van der Waals surface area contributed by atoms with Crippen molar-refractivity contribution in [1.82, 2.24) is 5.32 Å². The fraction of sp³-hybridized carbons (Fsp3) is 0.667. The molecule has 0 spiro atoms. The minimum atomic E-state index is -0.0271. The Labute approximate surface area is 135 Å². The zero-order valence-corrected chi connectivity index (χ0v) is 15.1. The number of benzene rings is 1. The van der Waals surface area contributed by atoms with E-state index in [1.165, 1.54) is 16.9 Å². The Morgan fingerprint density at radius 1 is 1.24 bits per heavy atom. The number of methoxy groups -OCH3 is 1. The standard InChI is InChI=1S/C18H31NOS/c1-6-13-19-16(11-12-18(3,4)20-5)14-21-17-9-7-15(2)8-10-17/h7-10,16,19H,6,11-14H2,1-5H3. The number of thioether (sulfide) groups is 1. The molecule has 1 N–H and O–H groups in total. The molecule has 1 atom stereocenters. The van der Waals surface area contributed by atoms with Crippen LogP contribution in [0.1, 0.15) is 45.6 Å². The van der Waals surface area contributed by atoms with Crippen LogP contribution >= 0.6 is 11.8 Å². The molecule has 1 aromatic rings. The number of hydrogen-bond acceptors (Lipinski definition) is 3. The molecule has 1 aromatic carbocycles. The number of aryl methyl sites for hydroxylation is 1. The Kier molecular flexibility index (Phi) is 8.38. The van der Waals surface area contributed by atoms with E-state index < -0.39 is 0 Å². The van der Waals surface area contributed by atoms with Gasteiger partial charge in [0.25, 0.3) is 0 Å². The summed E-state index contributed by atoms with van der Waals surface area (Å²) in [6.07, 6.45) is 3.42. The second-order valence-corrected chi connectivity index (χ2v) is 7.37. The summed E-state index contributed by atoms with van der Waals surface area (Å²) in [5.74, 6) is 1.11. The molecule has 3 heteroatoms. The number of rotatable bonds is 10. The van der Waals surface area contributed by atoms with Crippen LogP contribution in [-0.2, 0) is 4.74 Å². The van der Waals surface area contributed by atoms with E-state index in [9.17, 15) is 0 Å². The highest BCUT2D eigenvalue weighted by atomic mass is 32.2. The molecule has 0 amide bonds. The highest BCUT2D eigenvalue weighted by Crippen LogP contribution is 2.23. The second kappa shape index (κ2) is 9.50. The van der Waals surface area contributed by atoms with Gasteiger partial charge in [0.2, 0.25) is 0 Å². The number of ether oxygens (including phenoxy) is 1. The van der Waals surface area contributed by atoms with E-state index in [-0.39, 0.29) is 5.60 Å². The van der Waals surface area contributed by atoms with Gasteiger partial charge < -0.3 is 10.1 Å². The minimum absolute atomic E-state index is 0.0271. The average Bonchev–Trinajstić information content (AvgIpc) is 2.48. The van der Waals surface area contributed by atoms with Crippen LogP contribution in [0.2, 0.25) is 0 Å². The first-order chi connectivity index (χ1) is 9.96. The molecule has 1 unspecified atom stereocenters. The third kappa shape index (κ3) is 7.89. The van der Waals surface area contributed by atoms with E-state index in [4.69, 9.17) is 4.74 Å². The smallest absolute Gasteiger partial charge is 0.0623 e. The Morgan fingerprint density at radius 3 is 2.48 bits per heavy atom. The van der Waals surface area contributed by atoms with Crippen molar-refractivity contribution >= 4 is 11.8 Å². The van der Waals surface area contributed by atoms with Crippen molar-refractivity contribution < 1.29 is 4.74 Å². The van der Waals surface area contributed by atoms with E-state index in [1.807, 2.05) is 11.8 Å². The van der Waals surface area contributed by atoms with Gasteiger partial charge in [-0.05, 0) is 58.7 Å². The fourth-order valence-corrected chi connectivity index (χ4v) is 3.05. The lowest BCUT2D eigenvalue weighted by molar-refractivity contribution is 0.0122. The maximum atomic E-state index is 5.53. The summed E-state index contributed by atoms with van der Waals surface area (Å²) in [6, 6.07) is 9.35. The van der Waals surface area contributed by atoms with E-state index in [0.717, 1.165) is 25.1 Å². The summed E-state index contributed by atoms with van der Waals surface area (Å²) in [7, 11) is 1.80. The lowest BCUT2D eigenvalue weighted by Gasteiger charge is -2.26. The van der Waals surface area contributed by atoms with Gasteiger partial charge in [-0.1, -0.05) is 24.6 Å². The summed E-state index contributed by atoms with van der Waals surface area (Å²) in [5.41, 5.74) is 1.29. The summed E-state index contributed by atoms with van der Waals surface area (Å²) in [6.45, 7) is 9.77. The molecule has 0 aliphatic carbocycles. The van der Waals surface area contributed by atoms with E-state index in [2.05, 4.69) is 57.3 Å². The van der Waals surface area contributed by atoms with Crippen LogP contribution in [0.25, 0.3) is 0 Å². The Bertz CT molecular complexity index is 389. The first-order valence-electron chi connectivity index (χ1n) is 7.95. The molecule has 0 fully saturated rings. The topological polar surface area (TPSA) is 21.3 Å². The van der Waals surface area contributed by atoms with Crippen LogP contribution in [0.5, 0.6) is 0 Å². The third-order valence-electron chi connectivity index (χ3n) is 3.80. The summed E-state index contributed by atoms with van der Waals surface area (Å²) < 4.78 is 5.53. The molecule has 0 saturated carbocycles. The van der Waals surface area contributed by atoms with Crippen LogP contribution in [0.4, 0.5) is 0 Å². The van der Waals surface area contributed by atoms with Gasteiger partial charge in [-0.25, -0.2) is 0 Å². The van der Waals surface area contributed by atoms with Gasteiger partial charge in [-0.15, -0.1) is 11.8 Å². The van der Waals surface area contributed by atoms with Crippen molar-refractivity contribution in [3.8, 4) is 0 Å². The molecule has 120 valence electrons. The maximum absolute atomic E-state index is 5.53. The zero-order chi connectivity index (χ0) is 15.7. The Hall–Kier alpha value is -0.510. The normalized spacial score (nSPS) is 13.4. The lowest BCUT2D eigenvalue weighted by Crippen LogP contribution is -2.34. The highest BCUT2D eigenvalue weighted by Gasteiger charge is 2.19. The number of hydrogen-bond donors (Lipinski definition) is 1. The SMILES string of the molecule is CCCNC(CCC(C)(C)OC)CSc1ccc(C)cc1. The van der Waals surface area contributed by atoms with E-state index >= 15 is 0 Å². The predicted octanol–water partition coefficient (Wildman–Crippen LogP) is 4.66. The van der Waals surface area contributed by atoms with Gasteiger partial charge in [0.05, 0.1) is 5.60 Å². The monoisotopic (exact) mass is 309 g/mol.